The quantitative estimate of drug-likeness (QED) is 0.833. The molecular weight excluding hydrogens is 344 g/mol. The van der Waals surface area contributed by atoms with E-state index in [4.69, 9.17) is 5.73 Å². The number of H-pyrrole nitrogens is 1. The molecule has 146 valence electrons. The fourth-order valence-corrected chi connectivity index (χ4v) is 4.18. The summed E-state index contributed by atoms with van der Waals surface area (Å²) in [5.41, 5.74) is 6.07. The van der Waals surface area contributed by atoms with Crippen LogP contribution in [-0.2, 0) is 13.6 Å². The van der Waals surface area contributed by atoms with Gasteiger partial charge in [0.25, 0.3) is 5.91 Å². The third-order valence-corrected chi connectivity index (χ3v) is 5.71. The highest BCUT2D eigenvalue weighted by Crippen LogP contribution is 2.27. The number of carbonyl (C=O) groups excluding carboxylic acids is 1. The smallest absolute Gasteiger partial charge is 0.271 e. The minimum absolute atomic E-state index is 0.0559. The zero-order valence-corrected chi connectivity index (χ0v) is 15.9. The first-order valence-corrected chi connectivity index (χ1v) is 9.82. The maximum absolute atomic E-state index is 12.7. The first-order valence-electron chi connectivity index (χ1n) is 9.82. The van der Waals surface area contributed by atoms with E-state index in [1.165, 1.54) is 19.3 Å². The lowest BCUT2D eigenvalue weighted by atomic mass is 9.97. The molecule has 2 saturated heterocycles. The highest BCUT2D eigenvalue weighted by Gasteiger charge is 2.29. The molecular formula is C18H28N8O. The number of anilines is 1. The Morgan fingerprint density at radius 2 is 2.04 bits per heavy atom. The average molecular weight is 372 g/mol. The monoisotopic (exact) mass is 372 g/mol. The first kappa shape index (κ1) is 18.0. The molecule has 2 aromatic heterocycles. The number of piperidine rings is 2. The summed E-state index contributed by atoms with van der Waals surface area (Å²) in [5.74, 6) is 2.47. The van der Waals surface area contributed by atoms with E-state index in [9.17, 15) is 4.79 Å². The lowest BCUT2D eigenvalue weighted by molar-refractivity contribution is 0.0697. The Morgan fingerprint density at radius 1 is 1.22 bits per heavy atom. The Labute approximate surface area is 158 Å². The van der Waals surface area contributed by atoms with Gasteiger partial charge in [0.2, 0.25) is 0 Å². The van der Waals surface area contributed by atoms with Gasteiger partial charge in [0.15, 0.2) is 0 Å². The summed E-state index contributed by atoms with van der Waals surface area (Å²) in [6.45, 7) is 4.52. The maximum Gasteiger partial charge on any atom is 0.271 e. The van der Waals surface area contributed by atoms with Crippen LogP contribution in [0, 0.1) is 0 Å². The van der Waals surface area contributed by atoms with Crippen molar-refractivity contribution in [2.45, 2.75) is 44.6 Å². The third-order valence-electron chi connectivity index (χ3n) is 5.71. The SMILES string of the molecule is Cn1c(CN2CCCCC2)nnc1[C@@H]1CCCN(C(=O)c2cc(N)n[nH]2)C1. The van der Waals surface area contributed by atoms with Gasteiger partial charge in [-0.25, -0.2) is 0 Å². The molecule has 27 heavy (non-hydrogen) atoms. The van der Waals surface area contributed by atoms with Crippen molar-refractivity contribution >= 4 is 11.7 Å². The lowest BCUT2D eigenvalue weighted by Gasteiger charge is -2.32. The Bertz CT molecular complexity index is 791. The molecule has 0 aromatic carbocycles. The topological polar surface area (TPSA) is 109 Å². The highest BCUT2D eigenvalue weighted by atomic mass is 16.2. The number of hydrogen-bond donors (Lipinski definition) is 2. The first-order chi connectivity index (χ1) is 13.1. The number of nitrogens with zero attached hydrogens (tertiary/aromatic N) is 6. The van der Waals surface area contributed by atoms with Crippen LogP contribution in [0.2, 0.25) is 0 Å². The van der Waals surface area contributed by atoms with E-state index >= 15 is 0 Å². The number of nitrogens with one attached hydrogen (secondary N) is 1. The van der Waals surface area contributed by atoms with Crippen LogP contribution in [0.15, 0.2) is 6.07 Å². The number of likely N-dealkylation sites (tertiary alicyclic amines) is 2. The lowest BCUT2D eigenvalue weighted by Crippen LogP contribution is -2.40. The summed E-state index contributed by atoms with van der Waals surface area (Å²) in [6, 6.07) is 1.59. The fourth-order valence-electron chi connectivity index (χ4n) is 4.18. The van der Waals surface area contributed by atoms with E-state index in [1.807, 2.05) is 11.9 Å². The van der Waals surface area contributed by atoms with E-state index < -0.39 is 0 Å². The molecule has 9 nitrogen and oxygen atoms in total. The second-order valence-electron chi connectivity index (χ2n) is 7.67. The molecule has 0 radical (unpaired) electrons. The van der Waals surface area contributed by atoms with Crippen molar-refractivity contribution in [3.63, 3.8) is 0 Å². The van der Waals surface area contributed by atoms with Crippen LogP contribution < -0.4 is 5.73 Å². The van der Waals surface area contributed by atoms with Crippen LogP contribution in [0.4, 0.5) is 5.82 Å². The second kappa shape index (κ2) is 7.67. The van der Waals surface area contributed by atoms with Crippen molar-refractivity contribution in [3.8, 4) is 0 Å². The number of aromatic nitrogens is 5. The largest absolute Gasteiger partial charge is 0.382 e. The molecule has 1 amide bonds. The number of aromatic amines is 1. The van der Waals surface area contributed by atoms with Gasteiger partial charge in [0, 0.05) is 32.1 Å². The van der Waals surface area contributed by atoms with Crippen LogP contribution in [0.25, 0.3) is 0 Å². The van der Waals surface area contributed by atoms with Gasteiger partial charge in [-0.3, -0.25) is 14.8 Å². The minimum atomic E-state index is -0.0559. The molecule has 2 fully saturated rings. The van der Waals surface area contributed by atoms with Gasteiger partial charge in [-0.1, -0.05) is 6.42 Å². The highest BCUT2D eigenvalue weighted by molar-refractivity contribution is 5.93. The normalized spacial score (nSPS) is 21.5. The van der Waals surface area contributed by atoms with Gasteiger partial charge >= 0.3 is 0 Å². The zero-order chi connectivity index (χ0) is 18.8. The van der Waals surface area contributed by atoms with Gasteiger partial charge in [-0.15, -0.1) is 10.2 Å². The fraction of sp³-hybridized carbons (Fsp3) is 0.667. The summed E-state index contributed by atoms with van der Waals surface area (Å²) in [7, 11) is 2.05. The van der Waals surface area contributed by atoms with Gasteiger partial charge < -0.3 is 15.2 Å². The number of nitrogens with two attached hydrogens (primary N) is 1. The average Bonchev–Trinajstić information content (AvgIpc) is 3.28. The molecule has 2 aromatic rings. The molecule has 2 aliphatic heterocycles. The maximum atomic E-state index is 12.7. The van der Waals surface area contributed by atoms with Crippen molar-refractivity contribution in [2.24, 2.45) is 7.05 Å². The van der Waals surface area contributed by atoms with E-state index in [1.54, 1.807) is 6.07 Å². The van der Waals surface area contributed by atoms with E-state index in [2.05, 4.69) is 29.9 Å². The summed E-state index contributed by atoms with van der Waals surface area (Å²) in [4.78, 5) is 17.0. The molecule has 4 heterocycles. The van der Waals surface area contributed by atoms with E-state index in [-0.39, 0.29) is 11.8 Å². The molecule has 9 heteroatoms. The third kappa shape index (κ3) is 3.83. The van der Waals surface area contributed by atoms with Crippen LogP contribution >= 0.6 is 0 Å². The van der Waals surface area contributed by atoms with Crippen molar-refractivity contribution in [2.75, 3.05) is 31.9 Å². The Kier molecular flexibility index (Phi) is 5.11. The van der Waals surface area contributed by atoms with E-state index in [0.29, 0.717) is 18.1 Å². The summed E-state index contributed by atoms with van der Waals surface area (Å²) < 4.78 is 2.13. The molecule has 0 aliphatic carbocycles. The molecule has 1 atom stereocenters. The second-order valence-corrected chi connectivity index (χ2v) is 7.67. The molecule has 3 N–H and O–H groups in total. The summed E-state index contributed by atoms with van der Waals surface area (Å²) in [6.07, 6.45) is 5.83. The summed E-state index contributed by atoms with van der Waals surface area (Å²) >= 11 is 0. The van der Waals surface area contributed by atoms with Crippen molar-refractivity contribution in [1.29, 1.82) is 0 Å². The van der Waals surface area contributed by atoms with Crippen LogP contribution in [-0.4, -0.2) is 66.8 Å². The molecule has 0 bridgehead atoms. The van der Waals surface area contributed by atoms with Crippen LogP contribution in [0.3, 0.4) is 0 Å². The standard InChI is InChI=1S/C18H28N8O/c1-24-16(12-25-7-3-2-4-8-25)22-23-17(24)13-6-5-9-26(11-13)18(27)14-10-15(19)21-20-14/h10,13H,2-9,11-12H2,1H3,(H3,19,20,21)/t13-/m1/s1. The number of carbonyl (C=O) groups is 1. The predicted octanol–water partition coefficient (Wildman–Crippen LogP) is 1.13. The molecule has 0 unspecified atom stereocenters. The van der Waals surface area contributed by atoms with Crippen LogP contribution in [0.1, 0.15) is 60.2 Å². The Morgan fingerprint density at radius 3 is 2.78 bits per heavy atom. The van der Waals surface area contributed by atoms with Crippen molar-refractivity contribution in [3.05, 3.63) is 23.4 Å². The van der Waals surface area contributed by atoms with Crippen molar-refractivity contribution < 1.29 is 4.79 Å². The zero-order valence-electron chi connectivity index (χ0n) is 15.9. The predicted molar refractivity (Wildman–Crippen MR) is 101 cm³/mol. The Hall–Kier alpha value is -2.42. The molecule has 4 rings (SSSR count). The minimum Gasteiger partial charge on any atom is -0.382 e. The molecule has 2 aliphatic rings. The van der Waals surface area contributed by atoms with Gasteiger partial charge in [0.05, 0.1) is 6.54 Å². The Balaban J connectivity index is 1.44. The van der Waals surface area contributed by atoms with Gasteiger partial charge in [-0.2, -0.15) is 5.10 Å². The number of amides is 1. The summed E-state index contributed by atoms with van der Waals surface area (Å²) in [5, 5.41) is 15.5. The van der Waals surface area contributed by atoms with Gasteiger partial charge in [-0.05, 0) is 38.8 Å². The number of rotatable bonds is 4. The van der Waals surface area contributed by atoms with E-state index in [0.717, 1.165) is 50.7 Å². The van der Waals surface area contributed by atoms with Gasteiger partial charge in [0.1, 0.15) is 23.2 Å². The molecule has 0 saturated carbocycles. The molecule has 0 spiro atoms. The van der Waals surface area contributed by atoms with Crippen LogP contribution in [0.5, 0.6) is 0 Å². The number of nitrogen functional groups attached to an aromatic ring is 1. The number of hydrogen-bond acceptors (Lipinski definition) is 6. The van der Waals surface area contributed by atoms with Crippen molar-refractivity contribution in [1.82, 2.24) is 34.8 Å².